The highest BCUT2D eigenvalue weighted by molar-refractivity contribution is 5.74. The van der Waals surface area contributed by atoms with Gasteiger partial charge in [0.25, 0.3) is 0 Å². The quantitative estimate of drug-likeness (QED) is 0.542. The van der Waals surface area contributed by atoms with E-state index in [4.69, 9.17) is 5.11 Å². The Morgan fingerprint density at radius 3 is 2.60 bits per heavy atom. The summed E-state index contributed by atoms with van der Waals surface area (Å²) in [7, 11) is 0. The molecule has 0 aromatic carbocycles. The van der Waals surface area contributed by atoms with Crippen molar-refractivity contribution in [1.29, 1.82) is 0 Å². The van der Waals surface area contributed by atoms with Crippen molar-refractivity contribution < 1.29 is 9.90 Å². The molecule has 0 aromatic rings. The Hall–Kier alpha value is -1.17. The van der Waals surface area contributed by atoms with Crippen LogP contribution in [0.4, 0.5) is 4.79 Å². The third kappa shape index (κ3) is 3.83. The van der Waals surface area contributed by atoms with Crippen LogP contribution in [0.1, 0.15) is 32.1 Å². The highest BCUT2D eigenvalue weighted by atomic mass is 16.3. The zero-order valence-corrected chi connectivity index (χ0v) is 8.69. The molecule has 2 amide bonds. The van der Waals surface area contributed by atoms with Gasteiger partial charge in [-0.2, -0.15) is 5.01 Å². The smallest absolute Gasteiger partial charge is 0.340 e. The summed E-state index contributed by atoms with van der Waals surface area (Å²) in [5.74, 6) is 0. The Morgan fingerprint density at radius 2 is 2.07 bits per heavy atom. The first kappa shape index (κ1) is 11.9. The largest absolute Gasteiger partial charge is 0.394 e. The van der Waals surface area contributed by atoms with Gasteiger partial charge in [-0.25, -0.2) is 4.79 Å². The molecule has 1 saturated carbocycles. The molecule has 0 unspecified atom stereocenters. The van der Waals surface area contributed by atoms with Crippen molar-refractivity contribution >= 4 is 6.03 Å². The number of nitrogens with one attached hydrogen (secondary N) is 1. The molecule has 15 heavy (non-hydrogen) atoms. The van der Waals surface area contributed by atoms with E-state index in [9.17, 15) is 9.70 Å². The van der Waals surface area contributed by atoms with E-state index in [1.165, 1.54) is 6.42 Å². The molecule has 2 N–H and O–H groups in total. The molecule has 1 aliphatic rings. The van der Waals surface area contributed by atoms with Gasteiger partial charge in [-0.15, -0.1) is 4.91 Å². The number of amides is 2. The molecular formula is C9H17N3O3. The highest BCUT2D eigenvalue weighted by Gasteiger charge is 2.19. The van der Waals surface area contributed by atoms with Crippen molar-refractivity contribution in [3.8, 4) is 0 Å². The standard InChI is InChI=1S/C9H17N3O3/c13-7-6-12(11-15)9(14)10-8-4-2-1-3-5-8/h8,13H,1-7H2,(H,10,14). The molecule has 0 saturated heterocycles. The van der Waals surface area contributed by atoms with Crippen LogP contribution in [0.15, 0.2) is 5.29 Å². The van der Waals surface area contributed by atoms with Gasteiger partial charge in [0.1, 0.15) is 0 Å². The summed E-state index contributed by atoms with van der Waals surface area (Å²) in [5, 5.41) is 14.6. The van der Waals surface area contributed by atoms with E-state index in [0.717, 1.165) is 25.7 Å². The fraction of sp³-hybridized carbons (Fsp3) is 0.889. The molecule has 0 aromatic heterocycles. The van der Waals surface area contributed by atoms with Gasteiger partial charge in [-0.1, -0.05) is 19.3 Å². The van der Waals surface area contributed by atoms with Gasteiger partial charge in [-0.05, 0) is 12.8 Å². The van der Waals surface area contributed by atoms with Crippen LogP contribution in [0.3, 0.4) is 0 Å². The molecule has 0 aliphatic heterocycles. The van der Waals surface area contributed by atoms with Crippen LogP contribution in [0.2, 0.25) is 0 Å². The minimum Gasteiger partial charge on any atom is -0.394 e. The van der Waals surface area contributed by atoms with Gasteiger partial charge in [0, 0.05) is 6.04 Å². The maximum Gasteiger partial charge on any atom is 0.340 e. The lowest BCUT2D eigenvalue weighted by Gasteiger charge is -2.24. The summed E-state index contributed by atoms with van der Waals surface area (Å²) in [6.45, 7) is -0.314. The second-order valence-electron chi connectivity index (χ2n) is 3.71. The SMILES string of the molecule is O=NN(CCO)C(=O)NC1CCCCC1. The Labute approximate surface area is 88.6 Å². The van der Waals surface area contributed by atoms with Crippen LogP contribution in [-0.4, -0.2) is 35.3 Å². The molecule has 0 radical (unpaired) electrons. The molecule has 0 heterocycles. The Bertz CT molecular complexity index is 217. The third-order valence-electron chi connectivity index (χ3n) is 2.58. The van der Waals surface area contributed by atoms with Crippen molar-refractivity contribution in [3.05, 3.63) is 4.91 Å². The Morgan fingerprint density at radius 1 is 1.40 bits per heavy atom. The molecule has 86 valence electrons. The predicted octanol–water partition coefficient (Wildman–Crippen LogP) is 1.00. The molecule has 1 fully saturated rings. The third-order valence-corrected chi connectivity index (χ3v) is 2.58. The van der Waals surface area contributed by atoms with Crippen molar-refractivity contribution in [2.75, 3.05) is 13.2 Å². The van der Waals surface area contributed by atoms with Gasteiger partial charge in [0.05, 0.1) is 18.4 Å². The zero-order chi connectivity index (χ0) is 11.1. The zero-order valence-electron chi connectivity index (χ0n) is 8.69. The normalized spacial score (nSPS) is 17.1. The topological polar surface area (TPSA) is 82.0 Å². The monoisotopic (exact) mass is 215 g/mol. The van der Waals surface area contributed by atoms with E-state index >= 15 is 0 Å². The molecule has 0 spiro atoms. The number of carbonyl (C=O) groups excluding carboxylic acids is 1. The number of carbonyl (C=O) groups is 1. The van der Waals surface area contributed by atoms with E-state index in [0.29, 0.717) is 5.01 Å². The average molecular weight is 215 g/mol. The second kappa shape index (κ2) is 6.34. The van der Waals surface area contributed by atoms with Crippen LogP contribution < -0.4 is 5.32 Å². The number of rotatable bonds is 4. The summed E-state index contributed by atoms with van der Waals surface area (Å²) < 4.78 is 0. The van der Waals surface area contributed by atoms with Crippen LogP contribution >= 0.6 is 0 Å². The lowest BCUT2D eigenvalue weighted by Crippen LogP contribution is -2.44. The van der Waals surface area contributed by atoms with Crippen molar-refractivity contribution in [1.82, 2.24) is 10.3 Å². The predicted molar refractivity (Wildman–Crippen MR) is 55.0 cm³/mol. The number of nitrogens with zero attached hydrogens (tertiary/aromatic N) is 2. The number of hydrogen-bond donors (Lipinski definition) is 2. The first-order chi connectivity index (χ1) is 7.27. The molecule has 6 nitrogen and oxygen atoms in total. The van der Waals surface area contributed by atoms with Crippen LogP contribution in [0.5, 0.6) is 0 Å². The Balaban J connectivity index is 2.34. The van der Waals surface area contributed by atoms with Crippen LogP contribution in [0.25, 0.3) is 0 Å². The van der Waals surface area contributed by atoms with Crippen molar-refractivity contribution in [2.24, 2.45) is 5.29 Å². The number of hydrogen-bond acceptors (Lipinski definition) is 4. The van der Waals surface area contributed by atoms with Crippen molar-refractivity contribution in [3.63, 3.8) is 0 Å². The maximum atomic E-state index is 11.4. The van der Waals surface area contributed by atoms with Gasteiger partial charge in [0.15, 0.2) is 0 Å². The van der Waals surface area contributed by atoms with E-state index < -0.39 is 6.03 Å². The summed E-state index contributed by atoms with van der Waals surface area (Å²) in [4.78, 5) is 21.7. The summed E-state index contributed by atoms with van der Waals surface area (Å²) in [5.41, 5.74) is 0. The average Bonchev–Trinajstić information content (AvgIpc) is 2.27. The second-order valence-corrected chi connectivity index (χ2v) is 3.71. The first-order valence-electron chi connectivity index (χ1n) is 5.30. The molecule has 1 aliphatic carbocycles. The van der Waals surface area contributed by atoms with Crippen molar-refractivity contribution in [2.45, 2.75) is 38.1 Å². The minimum absolute atomic E-state index is 0.0535. The fourth-order valence-electron chi connectivity index (χ4n) is 1.77. The lowest BCUT2D eigenvalue weighted by atomic mass is 9.96. The van der Waals surface area contributed by atoms with Crippen LogP contribution in [-0.2, 0) is 0 Å². The summed E-state index contributed by atoms with van der Waals surface area (Å²) in [6, 6.07) is -0.361. The maximum absolute atomic E-state index is 11.4. The number of urea groups is 1. The minimum atomic E-state index is -0.508. The van der Waals surface area contributed by atoms with Gasteiger partial charge in [0.2, 0.25) is 0 Å². The van der Waals surface area contributed by atoms with Gasteiger partial charge >= 0.3 is 6.03 Å². The highest BCUT2D eigenvalue weighted by Crippen LogP contribution is 2.17. The molecule has 0 atom stereocenters. The van der Waals surface area contributed by atoms with E-state index in [-0.39, 0.29) is 19.2 Å². The molecular weight excluding hydrogens is 198 g/mol. The summed E-state index contributed by atoms with van der Waals surface area (Å²) >= 11 is 0. The number of nitroso groups, excluding NO2 is 1. The van der Waals surface area contributed by atoms with E-state index in [2.05, 4.69) is 10.6 Å². The first-order valence-corrected chi connectivity index (χ1v) is 5.30. The van der Waals surface area contributed by atoms with Gasteiger partial charge in [-0.3, -0.25) is 0 Å². The number of aliphatic hydroxyl groups excluding tert-OH is 1. The fourth-order valence-corrected chi connectivity index (χ4v) is 1.77. The summed E-state index contributed by atoms with van der Waals surface area (Å²) in [6.07, 6.45) is 5.34. The number of aliphatic hydroxyl groups is 1. The van der Waals surface area contributed by atoms with Gasteiger partial charge < -0.3 is 10.4 Å². The lowest BCUT2D eigenvalue weighted by molar-refractivity contribution is 0.172. The van der Waals surface area contributed by atoms with E-state index in [1.807, 2.05) is 0 Å². The van der Waals surface area contributed by atoms with Crippen LogP contribution in [0, 0.1) is 4.91 Å². The Kier molecular flexibility index (Phi) is 5.03. The van der Waals surface area contributed by atoms with E-state index in [1.54, 1.807) is 0 Å². The molecule has 0 bridgehead atoms. The molecule has 6 heteroatoms. The molecule has 1 rings (SSSR count).